The van der Waals surface area contributed by atoms with E-state index in [0.717, 1.165) is 23.9 Å². The number of hydrogen-bond donors (Lipinski definition) is 1. The Morgan fingerprint density at radius 1 is 1.17 bits per heavy atom. The Morgan fingerprint density at radius 3 is 2.58 bits per heavy atom. The van der Waals surface area contributed by atoms with E-state index in [2.05, 4.69) is 19.2 Å². The zero-order chi connectivity index (χ0) is 8.55. The maximum absolute atomic E-state index is 3.79. The molecule has 1 N–H and O–H groups in total. The fraction of sp³-hybridized carbons (Fsp3) is 1.00. The highest BCUT2D eigenvalue weighted by Gasteiger charge is 2.35. The van der Waals surface area contributed by atoms with Crippen LogP contribution in [0.2, 0.25) is 0 Å². The predicted molar refractivity (Wildman–Crippen MR) is 52.1 cm³/mol. The van der Waals surface area contributed by atoms with Crippen LogP contribution in [0.1, 0.15) is 46.0 Å². The third-order valence-corrected chi connectivity index (χ3v) is 3.70. The summed E-state index contributed by atoms with van der Waals surface area (Å²) in [7, 11) is 0. The van der Waals surface area contributed by atoms with E-state index in [4.69, 9.17) is 0 Å². The zero-order valence-corrected chi connectivity index (χ0v) is 8.34. The lowest BCUT2D eigenvalue weighted by molar-refractivity contribution is 0.325. The van der Waals surface area contributed by atoms with Crippen molar-refractivity contribution in [3.05, 3.63) is 0 Å². The van der Waals surface area contributed by atoms with Gasteiger partial charge in [-0.1, -0.05) is 26.7 Å². The summed E-state index contributed by atoms with van der Waals surface area (Å²) < 4.78 is 0. The third kappa shape index (κ3) is 1.52. The molecule has 70 valence electrons. The minimum atomic E-state index is 0.818. The van der Waals surface area contributed by atoms with Gasteiger partial charge in [0.15, 0.2) is 0 Å². The van der Waals surface area contributed by atoms with E-state index in [1.807, 2.05) is 0 Å². The summed E-state index contributed by atoms with van der Waals surface area (Å²) in [6.07, 6.45) is 7.31. The Balaban J connectivity index is 1.94. The quantitative estimate of drug-likeness (QED) is 0.633. The highest BCUT2D eigenvalue weighted by molar-refractivity contribution is 4.93. The van der Waals surface area contributed by atoms with E-state index in [-0.39, 0.29) is 0 Å². The van der Waals surface area contributed by atoms with Crippen molar-refractivity contribution in [2.24, 2.45) is 11.8 Å². The van der Waals surface area contributed by atoms with E-state index in [1.165, 1.54) is 32.1 Å². The number of fused-ring (bicyclic) bond motifs is 1. The fourth-order valence-corrected chi connectivity index (χ4v) is 2.84. The van der Waals surface area contributed by atoms with Crippen molar-refractivity contribution < 1.29 is 0 Å². The average molecular weight is 167 g/mol. The largest absolute Gasteiger partial charge is 0.311 e. The molecular weight excluding hydrogens is 146 g/mol. The van der Waals surface area contributed by atoms with Crippen LogP contribution in [0, 0.1) is 11.8 Å². The molecule has 3 atom stereocenters. The number of nitrogens with one attached hydrogen (secondary N) is 1. The van der Waals surface area contributed by atoms with Crippen LogP contribution in [0.4, 0.5) is 0 Å². The molecule has 0 amide bonds. The molecule has 0 bridgehead atoms. The topological polar surface area (TPSA) is 12.0 Å². The van der Waals surface area contributed by atoms with Crippen molar-refractivity contribution in [1.82, 2.24) is 5.32 Å². The van der Waals surface area contributed by atoms with Crippen LogP contribution in [0.3, 0.4) is 0 Å². The van der Waals surface area contributed by atoms with Crippen molar-refractivity contribution in [3.8, 4) is 0 Å². The van der Waals surface area contributed by atoms with Crippen LogP contribution in [0.15, 0.2) is 0 Å². The van der Waals surface area contributed by atoms with Gasteiger partial charge in [0.25, 0.3) is 0 Å². The van der Waals surface area contributed by atoms with Gasteiger partial charge in [0.2, 0.25) is 0 Å². The number of rotatable bonds is 1. The Hall–Kier alpha value is -0.0400. The SMILES string of the molecule is CC(C)[C@@H]1C[C@H]2CCCC[C@H]2N1. The standard InChI is InChI=1S/C11H21N/c1-8(2)11-7-9-5-3-4-6-10(9)12-11/h8-12H,3-7H2,1-2H3/t9-,10-,11+/m1/s1. The summed E-state index contributed by atoms with van der Waals surface area (Å²) in [6.45, 7) is 4.68. The van der Waals surface area contributed by atoms with Gasteiger partial charge in [0.1, 0.15) is 0 Å². The Kier molecular flexibility index (Phi) is 2.40. The minimum absolute atomic E-state index is 0.818. The van der Waals surface area contributed by atoms with Gasteiger partial charge in [-0.3, -0.25) is 0 Å². The molecule has 2 rings (SSSR count). The molecule has 1 heterocycles. The van der Waals surface area contributed by atoms with E-state index < -0.39 is 0 Å². The van der Waals surface area contributed by atoms with Crippen molar-refractivity contribution in [1.29, 1.82) is 0 Å². The molecule has 0 radical (unpaired) electrons. The molecule has 1 saturated carbocycles. The van der Waals surface area contributed by atoms with E-state index in [0.29, 0.717) is 0 Å². The van der Waals surface area contributed by atoms with E-state index in [9.17, 15) is 0 Å². The van der Waals surface area contributed by atoms with Crippen LogP contribution in [0.5, 0.6) is 0 Å². The highest BCUT2D eigenvalue weighted by atomic mass is 15.0. The first-order valence-corrected chi connectivity index (χ1v) is 5.53. The van der Waals surface area contributed by atoms with Gasteiger partial charge < -0.3 is 5.32 Å². The predicted octanol–water partition coefficient (Wildman–Crippen LogP) is 2.56. The first-order valence-electron chi connectivity index (χ1n) is 5.53. The molecule has 0 spiro atoms. The molecule has 2 fully saturated rings. The summed E-state index contributed by atoms with van der Waals surface area (Å²) >= 11 is 0. The summed E-state index contributed by atoms with van der Waals surface area (Å²) in [5, 5.41) is 3.79. The molecule has 12 heavy (non-hydrogen) atoms. The molecule has 0 aromatic carbocycles. The van der Waals surface area contributed by atoms with Gasteiger partial charge >= 0.3 is 0 Å². The Bertz CT molecular complexity index is 139. The molecule has 1 heteroatoms. The van der Waals surface area contributed by atoms with Crippen molar-refractivity contribution in [3.63, 3.8) is 0 Å². The van der Waals surface area contributed by atoms with Crippen LogP contribution in [-0.4, -0.2) is 12.1 Å². The molecule has 0 unspecified atom stereocenters. The molecular formula is C11H21N. The molecule has 1 aliphatic heterocycles. The highest BCUT2D eigenvalue weighted by Crippen LogP contribution is 2.34. The van der Waals surface area contributed by atoms with Gasteiger partial charge in [-0.2, -0.15) is 0 Å². The second-order valence-electron chi connectivity index (χ2n) is 4.90. The normalized spacial score (nSPS) is 41.8. The van der Waals surface area contributed by atoms with E-state index in [1.54, 1.807) is 0 Å². The Morgan fingerprint density at radius 2 is 1.92 bits per heavy atom. The zero-order valence-electron chi connectivity index (χ0n) is 8.34. The summed E-state index contributed by atoms with van der Waals surface area (Å²) in [5.41, 5.74) is 0. The maximum atomic E-state index is 3.79. The fourth-order valence-electron chi connectivity index (χ4n) is 2.84. The molecule has 2 aliphatic rings. The van der Waals surface area contributed by atoms with Crippen LogP contribution in [-0.2, 0) is 0 Å². The van der Waals surface area contributed by atoms with Gasteiger partial charge in [-0.15, -0.1) is 0 Å². The smallest absolute Gasteiger partial charge is 0.00986 e. The lowest BCUT2D eigenvalue weighted by Gasteiger charge is -2.24. The second-order valence-corrected chi connectivity index (χ2v) is 4.90. The molecule has 1 nitrogen and oxygen atoms in total. The molecule has 1 aliphatic carbocycles. The third-order valence-electron chi connectivity index (χ3n) is 3.70. The Labute approximate surface area is 75.9 Å². The van der Waals surface area contributed by atoms with Crippen molar-refractivity contribution in [2.45, 2.75) is 58.0 Å². The van der Waals surface area contributed by atoms with E-state index >= 15 is 0 Å². The van der Waals surface area contributed by atoms with Gasteiger partial charge in [-0.05, 0) is 31.1 Å². The summed E-state index contributed by atoms with van der Waals surface area (Å²) in [5.74, 6) is 1.85. The van der Waals surface area contributed by atoms with Crippen molar-refractivity contribution >= 4 is 0 Å². The second kappa shape index (κ2) is 3.37. The van der Waals surface area contributed by atoms with Gasteiger partial charge in [0, 0.05) is 12.1 Å². The summed E-state index contributed by atoms with van der Waals surface area (Å²) in [4.78, 5) is 0. The van der Waals surface area contributed by atoms with Gasteiger partial charge in [-0.25, -0.2) is 0 Å². The minimum Gasteiger partial charge on any atom is -0.311 e. The van der Waals surface area contributed by atoms with Crippen LogP contribution >= 0.6 is 0 Å². The summed E-state index contributed by atoms with van der Waals surface area (Å²) in [6, 6.07) is 1.70. The maximum Gasteiger partial charge on any atom is 0.00986 e. The monoisotopic (exact) mass is 167 g/mol. The molecule has 0 aromatic rings. The number of hydrogen-bond acceptors (Lipinski definition) is 1. The van der Waals surface area contributed by atoms with Crippen LogP contribution in [0.25, 0.3) is 0 Å². The van der Waals surface area contributed by atoms with Crippen LogP contribution < -0.4 is 5.32 Å². The lowest BCUT2D eigenvalue weighted by atomic mass is 9.84. The van der Waals surface area contributed by atoms with Gasteiger partial charge in [0.05, 0.1) is 0 Å². The molecule has 1 saturated heterocycles. The average Bonchev–Trinajstić information content (AvgIpc) is 2.46. The lowest BCUT2D eigenvalue weighted by Crippen LogP contribution is -2.35. The van der Waals surface area contributed by atoms with Crippen molar-refractivity contribution in [2.75, 3.05) is 0 Å². The molecule has 0 aromatic heterocycles. The first kappa shape index (κ1) is 8.55. The first-order chi connectivity index (χ1) is 5.77.